The van der Waals surface area contributed by atoms with Gasteiger partial charge in [-0.1, -0.05) is 61.0 Å². The second-order valence-corrected chi connectivity index (χ2v) is 10.9. The normalized spacial score (nSPS) is 17.2. The molecule has 0 saturated carbocycles. The third kappa shape index (κ3) is 4.99. The SMILES string of the molecule is CC(C)(C)c1ccc(CN2CCN(S(=O)(=O)c3ccc(Br)cc3)CC2)cc1. The third-order valence-electron chi connectivity index (χ3n) is 5.01. The Bertz CT molecular complexity index is 864. The Morgan fingerprint density at radius 3 is 1.96 bits per heavy atom. The number of benzene rings is 2. The van der Waals surface area contributed by atoms with E-state index < -0.39 is 10.0 Å². The van der Waals surface area contributed by atoms with Gasteiger partial charge in [-0.2, -0.15) is 4.31 Å². The van der Waals surface area contributed by atoms with Crippen LogP contribution in [0, 0.1) is 0 Å². The third-order valence-corrected chi connectivity index (χ3v) is 7.45. The Kier molecular flexibility index (Phi) is 6.11. The minimum atomic E-state index is -3.41. The molecule has 0 aliphatic carbocycles. The minimum Gasteiger partial charge on any atom is -0.296 e. The zero-order valence-electron chi connectivity index (χ0n) is 16.2. The number of hydrogen-bond acceptors (Lipinski definition) is 3. The number of nitrogens with zero attached hydrogens (tertiary/aromatic N) is 2. The van der Waals surface area contributed by atoms with Crippen molar-refractivity contribution >= 4 is 26.0 Å². The summed E-state index contributed by atoms with van der Waals surface area (Å²) in [7, 11) is -3.41. The van der Waals surface area contributed by atoms with Crippen LogP contribution in [0.5, 0.6) is 0 Å². The monoisotopic (exact) mass is 450 g/mol. The molecule has 0 bridgehead atoms. The molecule has 2 aromatic carbocycles. The maximum Gasteiger partial charge on any atom is 0.243 e. The first-order valence-corrected chi connectivity index (χ1v) is 11.5. The molecule has 6 heteroatoms. The maximum atomic E-state index is 12.8. The second-order valence-electron chi connectivity index (χ2n) is 8.08. The van der Waals surface area contributed by atoms with Gasteiger partial charge in [-0.05, 0) is 40.8 Å². The van der Waals surface area contributed by atoms with Gasteiger partial charge in [-0.25, -0.2) is 8.42 Å². The highest BCUT2D eigenvalue weighted by Gasteiger charge is 2.28. The van der Waals surface area contributed by atoms with Crippen LogP contribution in [0.1, 0.15) is 31.9 Å². The van der Waals surface area contributed by atoms with Crippen LogP contribution in [-0.2, 0) is 22.0 Å². The van der Waals surface area contributed by atoms with E-state index in [1.807, 2.05) is 0 Å². The first-order valence-electron chi connectivity index (χ1n) is 9.24. The summed E-state index contributed by atoms with van der Waals surface area (Å²) in [5.74, 6) is 0. The lowest BCUT2D eigenvalue weighted by Gasteiger charge is -2.34. The first-order chi connectivity index (χ1) is 12.7. The molecular formula is C21H27BrN2O2S. The lowest BCUT2D eigenvalue weighted by molar-refractivity contribution is 0.181. The van der Waals surface area contributed by atoms with Crippen LogP contribution in [0.2, 0.25) is 0 Å². The summed E-state index contributed by atoms with van der Waals surface area (Å²) in [6.45, 7) is 10.0. The molecule has 27 heavy (non-hydrogen) atoms. The lowest BCUT2D eigenvalue weighted by Crippen LogP contribution is -2.48. The van der Waals surface area contributed by atoms with Crippen LogP contribution in [0.4, 0.5) is 0 Å². The summed E-state index contributed by atoms with van der Waals surface area (Å²) in [6, 6.07) is 15.6. The number of hydrogen-bond donors (Lipinski definition) is 0. The summed E-state index contributed by atoms with van der Waals surface area (Å²) < 4.78 is 28.0. The number of piperazine rings is 1. The lowest BCUT2D eigenvalue weighted by atomic mass is 9.87. The van der Waals surface area contributed by atoms with Gasteiger partial charge in [0.1, 0.15) is 0 Å². The summed E-state index contributed by atoms with van der Waals surface area (Å²) in [5, 5.41) is 0. The molecule has 1 fully saturated rings. The number of sulfonamides is 1. The van der Waals surface area contributed by atoms with Crippen LogP contribution in [0.15, 0.2) is 57.9 Å². The Hall–Kier alpha value is -1.21. The molecule has 3 rings (SSSR count). The van der Waals surface area contributed by atoms with Gasteiger partial charge >= 0.3 is 0 Å². The Labute approximate surface area is 171 Å². The van der Waals surface area contributed by atoms with E-state index in [1.54, 1.807) is 28.6 Å². The zero-order valence-corrected chi connectivity index (χ0v) is 18.6. The van der Waals surface area contributed by atoms with Crippen molar-refractivity contribution in [2.24, 2.45) is 0 Å². The molecule has 0 unspecified atom stereocenters. The van der Waals surface area contributed by atoms with E-state index in [1.165, 1.54) is 11.1 Å². The Morgan fingerprint density at radius 1 is 0.889 bits per heavy atom. The predicted molar refractivity (Wildman–Crippen MR) is 113 cm³/mol. The average molecular weight is 451 g/mol. The van der Waals surface area contributed by atoms with Gasteiger partial charge in [0, 0.05) is 37.2 Å². The first kappa shape index (κ1) is 20.5. The number of rotatable bonds is 4. The molecule has 0 aromatic heterocycles. The molecule has 1 heterocycles. The van der Waals surface area contributed by atoms with Crippen LogP contribution >= 0.6 is 15.9 Å². The molecule has 2 aromatic rings. The van der Waals surface area contributed by atoms with Gasteiger partial charge in [-0.3, -0.25) is 4.90 Å². The standard InChI is InChI=1S/C21H27BrN2O2S/c1-21(2,3)18-6-4-17(5-7-18)16-23-12-14-24(15-13-23)27(25,26)20-10-8-19(22)9-11-20/h4-11H,12-16H2,1-3H3. The molecule has 1 saturated heterocycles. The van der Waals surface area contributed by atoms with Gasteiger partial charge in [0.2, 0.25) is 10.0 Å². The molecule has 146 valence electrons. The molecule has 1 aliphatic rings. The molecule has 0 spiro atoms. The molecular weight excluding hydrogens is 424 g/mol. The summed E-state index contributed by atoms with van der Waals surface area (Å²) in [4.78, 5) is 2.68. The van der Waals surface area contributed by atoms with Crippen molar-refractivity contribution in [2.45, 2.75) is 37.6 Å². The van der Waals surface area contributed by atoms with E-state index in [0.717, 1.165) is 24.1 Å². The van der Waals surface area contributed by atoms with Gasteiger partial charge in [0.25, 0.3) is 0 Å². The van der Waals surface area contributed by atoms with E-state index in [4.69, 9.17) is 0 Å². The van der Waals surface area contributed by atoms with Crippen molar-refractivity contribution in [3.05, 3.63) is 64.1 Å². The highest BCUT2D eigenvalue weighted by molar-refractivity contribution is 9.10. The van der Waals surface area contributed by atoms with Crippen molar-refractivity contribution in [2.75, 3.05) is 26.2 Å². The van der Waals surface area contributed by atoms with E-state index in [0.29, 0.717) is 18.0 Å². The molecule has 0 N–H and O–H groups in total. The highest BCUT2D eigenvalue weighted by Crippen LogP contribution is 2.23. The van der Waals surface area contributed by atoms with E-state index in [2.05, 4.69) is 65.9 Å². The minimum absolute atomic E-state index is 0.158. The quantitative estimate of drug-likeness (QED) is 0.698. The molecule has 0 amide bonds. The van der Waals surface area contributed by atoms with Crippen molar-refractivity contribution in [3.8, 4) is 0 Å². The van der Waals surface area contributed by atoms with Gasteiger partial charge in [0.15, 0.2) is 0 Å². The van der Waals surface area contributed by atoms with Crippen LogP contribution < -0.4 is 0 Å². The summed E-state index contributed by atoms with van der Waals surface area (Å²) in [5.41, 5.74) is 2.76. The largest absolute Gasteiger partial charge is 0.296 e. The molecule has 1 aliphatic heterocycles. The predicted octanol–water partition coefficient (Wildman–Crippen LogP) is 4.25. The fourth-order valence-electron chi connectivity index (χ4n) is 3.25. The van der Waals surface area contributed by atoms with Gasteiger partial charge in [-0.15, -0.1) is 0 Å². The fourth-order valence-corrected chi connectivity index (χ4v) is 4.94. The van der Waals surface area contributed by atoms with Crippen molar-refractivity contribution in [1.29, 1.82) is 0 Å². The molecule has 4 nitrogen and oxygen atoms in total. The summed E-state index contributed by atoms with van der Waals surface area (Å²) in [6.07, 6.45) is 0. The second kappa shape index (κ2) is 8.03. The molecule has 0 radical (unpaired) electrons. The number of halogens is 1. The maximum absolute atomic E-state index is 12.8. The van der Waals surface area contributed by atoms with Crippen LogP contribution in [-0.4, -0.2) is 43.8 Å². The highest BCUT2D eigenvalue weighted by atomic mass is 79.9. The van der Waals surface area contributed by atoms with Crippen molar-refractivity contribution in [3.63, 3.8) is 0 Å². The zero-order chi connectivity index (χ0) is 19.7. The van der Waals surface area contributed by atoms with Crippen LogP contribution in [0.25, 0.3) is 0 Å². The van der Waals surface area contributed by atoms with Crippen molar-refractivity contribution < 1.29 is 8.42 Å². The van der Waals surface area contributed by atoms with E-state index in [9.17, 15) is 8.42 Å². The van der Waals surface area contributed by atoms with Gasteiger partial charge < -0.3 is 0 Å². The van der Waals surface area contributed by atoms with Gasteiger partial charge in [0.05, 0.1) is 4.90 Å². The van der Waals surface area contributed by atoms with E-state index in [-0.39, 0.29) is 5.41 Å². The fraction of sp³-hybridized carbons (Fsp3) is 0.429. The summed E-state index contributed by atoms with van der Waals surface area (Å²) >= 11 is 3.35. The topological polar surface area (TPSA) is 40.6 Å². The van der Waals surface area contributed by atoms with Crippen LogP contribution in [0.3, 0.4) is 0 Å². The smallest absolute Gasteiger partial charge is 0.243 e. The Balaban J connectivity index is 1.59. The average Bonchev–Trinajstić information content (AvgIpc) is 2.62. The van der Waals surface area contributed by atoms with E-state index >= 15 is 0 Å². The Morgan fingerprint density at radius 2 is 1.44 bits per heavy atom. The molecule has 0 atom stereocenters. The van der Waals surface area contributed by atoms with Crippen molar-refractivity contribution in [1.82, 2.24) is 9.21 Å².